The molecule has 0 fully saturated rings. The Morgan fingerprint density at radius 2 is 1.72 bits per heavy atom. The molecule has 4 rings (SSSR count). The van der Waals surface area contributed by atoms with Crippen molar-refractivity contribution in [3.05, 3.63) is 94.5 Å². The molecule has 0 bridgehead atoms. The molecule has 0 unspecified atom stereocenters. The third kappa shape index (κ3) is 4.02. The van der Waals surface area contributed by atoms with Gasteiger partial charge in [0, 0.05) is 12.2 Å². The van der Waals surface area contributed by atoms with Crippen molar-refractivity contribution in [3.63, 3.8) is 0 Å². The summed E-state index contributed by atoms with van der Waals surface area (Å²) >= 11 is 0. The average Bonchev–Trinajstić information content (AvgIpc) is 2.71. The van der Waals surface area contributed by atoms with Crippen LogP contribution in [0.2, 0.25) is 0 Å². The summed E-state index contributed by atoms with van der Waals surface area (Å²) in [6, 6.07) is 21.2. The molecule has 0 spiro atoms. The van der Waals surface area contributed by atoms with Crippen LogP contribution in [-0.4, -0.2) is 28.5 Å². The number of para-hydroxylation sites is 1. The summed E-state index contributed by atoms with van der Waals surface area (Å²) in [5, 5.41) is 3.48. The molecule has 1 N–H and O–H groups in total. The number of aromatic nitrogens is 2. The molecule has 1 heterocycles. The first-order valence-electron chi connectivity index (χ1n) is 9.30. The number of hydrogen-bond acceptors (Lipinski definition) is 4. The molecule has 0 atom stereocenters. The predicted octanol–water partition coefficient (Wildman–Crippen LogP) is 4.33. The van der Waals surface area contributed by atoms with E-state index < -0.39 is 5.82 Å². The molecule has 0 radical (unpaired) electrons. The van der Waals surface area contributed by atoms with Gasteiger partial charge in [-0.05, 0) is 62.1 Å². The highest BCUT2D eigenvalue weighted by Gasteiger charge is 2.14. The van der Waals surface area contributed by atoms with Gasteiger partial charge in [0.2, 0.25) is 5.95 Å². The van der Waals surface area contributed by atoms with Gasteiger partial charge >= 0.3 is 0 Å². The number of anilines is 2. The van der Waals surface area contributed by atoms with Crippen LogP contribution >= 0.6 is 0 Å². The van der Waals surface area contributed by atoms with Crippen molar-refractivity contribution < 1.29 is 4.39 Å². The molecule has 0 aliphatic heterocycles. The lowest BCUT2D eigenvalue weighted by atomic mass is 10.2. The van der Waals surface area contributed by atoms with Crippen molar-refractivity contribution in [3.8, 4) is 5.69 Å². The van der Waals surface area contributed by atoms with Crippen LogP contribution < -0.4 is 10.9 Å². The molecule has 0 amide bonds. The Labute approximate surface area is 168 Å². The van der Waals surface area contributed by atoms with Crippen molar-refractivity contribution in [2.45, 2.75) is 6.54 Å². The Balaban J connectivity index is 1.82. The molecule has 3 aromatic carbocycles. The topological polar surface area (TPSA) is 50.2 Å². The first kappa shape index (κ1) is 18.8. The van der Waals surface area contributed by atoms with Crippen LogP contribution in [0.15, 0.2) is 77.6 Å². The van der Waals surface area contributed by atoms with Gasteiger partial charge in [-0.3, -0.25) is 4.79 Å². The van der Waals surface area contributed by atoms with Crippen LogP contribution in [0.4, 0.5) is 16.0 Å². The second-order valence-corrected chi connectivity index (χ2v) is 7.13. The maximum atomic E-state index is 13.7. The number of benzene rings is 3. The molecule has 0 saturated heterocycles. The molecule has 29 heavy (non-hydrogen) atoms. The summed E-state index contributed by atoms with van der Waals surface area (Å²) in [5.74, 6) is -0.0890. The van der Waals surface area contributed by atoms with Gasteiger partial charge in [-0.15, -0.1) is 0 Å². The van der Waals surface area contributed by atoms with E-state index in [-0.39, 0.29) is 10.9 Å². The minimum atomic E-state index is -0.465. The molecule has 0 aliphatic rings. The third-order valence-corrected chi connectivity index (χ3v) is 4.55. The van der Waals surface area contributed by atoms with Crippen molar-refractivity contribution in [1.82, 2.24) is 14.5 Å². The predicted molar refractivity (Wildman–Crippen MR) is 114 cm³/mol. The van der Waals surface area contributed by atoms with Crippen molar-refractivity contribution in [1.29, 1.82) is 0 Å². The summed E-state index contributed by atoms with van der Waals surface area (Å²) in [6.07, 6.45) is 0. The Bertz CT molecular complexity index is 1200. The van der Waals surface area contributed by atoms with Gasteiger partial charge in [-0.1, -0.05) is 30.3 Å². The van der Waals surface area contributed by atoms with Gasteiger partial charge in [-0.2, -0.15) is 0 Å². The Kier molecular flexibility index (Phi) is 5.10. The lowest BCUT2D eigenvalue weighted by molar-refractivity contribution is 0.402. The molecule has 1 aromatic heterocycles. The zero-order valence-electron chi connectivity index (χ0n) is 16.3. The molecular weight excluding hydrogens is 367 g/mol. The molecule has 5 nitrogen and oxygen atoms in total. The van der Waals surface area contributed by atoms with Crippen molar-refractivity contribution >= 4 is 22.5 Å². The Hall–Kier alpha value is -3.51. The summed E-state index contributed by atoms with van der Waals surface area (Å²) in [5.41, 5.74) is 2.76. The van der Waals surface area contributed by atoms with Crippen LogP contribution in [0, 0.1) is 5.82 Å². The highest BCUT2D eigenvalue weighted by atomic mass is 19.1. The Morgan fingerprint density at radius 3 is 2.41 bits per heavy atom. The molecule has 6 heteroatoms. The average molecular weight is 388 g/mol. The lowest BCUT2D eigenvalue weighted by Gasteiger charge is -2.16. The van der Waals surface area contributed by atoms with E-state index in [0.29, 0.717) is 17.2 Å². The fraction of sp³-hybridized carbons (Fsp3) is 0.130. The van der Waals surface area contributed by atoms with E-state index in [4.69, 9.17) is 0 Å². The summed E-state index contributed by atoms with van der Waals surface area (Å²) in [6.45, 7) is 0.842. The summed E-state index contributed by atoms with van der Waals surface area (Å²) in [4.78, 5) is 19.9. The number of nitrogens with one attached hydrogen (secondary N) is 1. The van der Waals surface area contributed by atoms with E-state index in [1.54, 1.807) is 0 Å². The lowest BCUT2D eigenvalue weighted by Crippen LogP contribution is -2.23. The van der Waals surface area contributed by atoms with E-state index in [9.17, 15) is 9.18 Å². The van der Waals surface area contributed by atoms with Crippen LogP contribution in [0.5, 0.6) is 0 Å². The van der Waals surface area contributed by atoms with E-state index in [1.165, 1.54) is 28.3 Å². The maximum absolute atomic E-state index is 13.7. The zero-order valence-corrected chi connectivity index (χ0v) is 16.3. The van der Waals surface area contributed by atoms with Gasteiger partial charge in [0.25, 0.3) is 5.56 Å². The quantitative estimate of drug-likeness (QED) is 0.553. The summed E-state index contributed by atoms with van der Waals surface area (Å²) < 4.78 is 15.2. The highest BCUT2D eigenvalue weighted by molar-refractivity contribution is 5.80. The van der Waals surface area contributed by atoms with E-state index in [2.05, 4.69) is 15.2 Å². The monoisotopic (exact) mass is 388 g/mol. The fourth-order valence-corrected chi connectivity index (χ4v) is 3.25. The Morgan fingerprint density at radius 1 is 1.00 bits per heavy atom. The normalized spacial score (nSPS) is 11.2. The number of nitrogens with zero attached hydrogens (tertiary/aromatic N) is 3. The van der Waals surface area contributed by atoms with Crippen molar-refractivity contribution in [2.24, 2.45) is 0 Å². The number of hydrogen-bond donors (Lipinski definition) is 1. The van der Waals surface area contributed by atoms with E-state index in [1.807, 2.05) is 68.7 Å². The van der Waals surface area contributed by atoms with Crippen LogP contribution in [0.1, 0.15) is 5.56 Å². The SMILES string of the molecule is CN(C)Cc1ccc(Nc2nc3ccc(F)cc3c(=O)n2-c2ccccc2)cc1. The highest BCUT2D eigenvalue weighted by Crippen LogP contribution is 2.21. The van der Waals surface area contributed by atoms with Gasteiger partial charge < -0.3 is 10.2 Å². The second kappa shape index (κ2) is 7.85. The van der Waals surface area contributed by atoms with Gasteiger partial charge in [-0.25, -0.2) is 13.9 Å². The smallest absolute Gasteiger partial charge is 0.267 e. The van der Waals surface area contributed by atoms with E-state index >= 15 is 0 Å². The maximum Gasteiger partial charge on any atom is 0.267 e. The largest absolute Gasteiger partial charge is 0.325 e. The number of halogens is 1. The van der Waals surface area contributed by atoms with Crippen LogP contribution in [0.25, 0.3) is 16.6 Å². The zero-order chi connectivity index (χ0) is 20.4. The minimum Gasteiger partial charge on any atom is -0.325 e. The molecule has 0 aliphatic carbocycles. The number of fused-ring (bicyclic) bond motifs is 1. The third-order valence-electron chi connectivity index (χ3n) is 4.55. The van der Waals surface area contributed by atoms with Crippen LogP contribution in [-0.2, 0) is 6.54 Å². The molecule has 146 valence electrons. The van der Waals surface area contributed by atoms with E-state index in [0.717, 1.165) is 12.2 Å². The van der Waals surface area contributed by atoms with Crippen molar-refractivity contribution in [2.75, 3.05) is 19.4 Å². The van der Waals surface area contributed by atoms with Gasteiger partial charge in [0.15, 0.2) is 0 Å². The molecule has 0 saturated carbocycles. The fourth-order valence-electron chi connectivity index (χ4n) is 3.25. The first-order chi connectivity index (χ1) is 14.0. The second-order valence-electron chi connectivity index (χ2n) is 7.13. The van der Waals surface area contributed by atoms with Crippen LogP contribution in [0.3, 0.4) is 0 Å². The molecule has 4 aromatic rings. The molecular formula is C23H21FN4O. The number of rotatable bonds is 5. The first-order valence-corrected chi connectivity index (χ1v) is 9.30. The van der Waals surface area contributed by atoms with Gasteiger partial charge in [0.1, 0.15) is 5.82 Å². The van der Waals surface area contributed by atoms with Gasteiger partial charge in [0.05, 0.1) is 16.6 Å². The standard InChI is InChI=1S/C23H21FN4O/c1-27(2)15-16-8-11-18(12-9-16)25-23-26-21-13-10-17(24)14-20(21)22(29)28(23)19-6-4-3-5-7-19/h3-14H,15H2,1-2H3,(H,25,26). The summed E-state index contributed by atoms with van der Waals surface area (Å²) in [7, 11) is 4.04. The minimum absolute atomic E-state index is 0.237.